The van der Waals surface area contributed by atoms with Crippen LogP contribution in [0.4, 0.5) is 5.69 Å². The van der Waals surface area contributed by atoms with E-state index in [0.29, 0.717) is 6.54 Å². The number of benzene rings is 2. The molecule has 0 bridgehead atoms. The summed E-state index contributed by atoms with van der Waals surface area (Å²) in [6.45, 7) is 2.98. The molecule has 28 heavy (non-hydrogen) atoms. The molecule has 3 rings (SSSR count). The van der Waals surface area contributed by atoms with Gasteiger partial charge in [0.2, 0.25) is 5.91 Å². The number of para-hydroxylation sites is 1. The van der Waals surface area contributed by atoms with Crippen LogP contribution >= 0.6 is 24.0 Å². The first-order valence-electron chi connectivity index (χ1n) is 9.19. The minimum atomic E-state index is -0.0615. The van der Waals surface area contributed by atoms with E-state index in [2.05, 4.69) is 27.0 Å². The molecule has 1 unspecified atom stereocenters. The van der Waals surface area contributed by atoms with Crippen LogP contribution in [-0.4, -0.2) is 38.1 Å². The minimum Gasteiger partial charge on any atom is -0.488 e. The van der Waals surface area contributed by atoms with Crippen molar-refractivity contribution in [1.82, 2.24) is 10.6 Å². The Labute approximate surface area is 183 Å². The van der Waals surface area contributed by atoms with Crippen molar-refractivity contribution >= 4 is 41.5 Å². The molecule has 0 aromatic heterocycles. The number of guanidine groups is 1. The molecule has 2 aromatic rings. The van der Waals surface area contributed by atoms with Gasteiger partial charge in [0.1, 0.15) is 11.9 Å². The highest BCUT2D eigenvalue weighted by Crippen LogP contribution is 2.27. The highest BCUT2D eigenvalue weighted by molar-refractivity contribution is 14.0. The third-order valence-corrected chi connectivity index (χ3v) is 4.42. The Morgan fingerprint density at radius 3 is 2.57 bits per heavy atom. The summed E-state index contributed by atoms with van der Waals surface area (Å²) < 4.78 is 5.94. The maximum Gasteiger partial charge on any atom is 0.221 e. The number of nitrogens with one attached hydrogen (secondary N) is 3. The molecule has 0 saturated carbocycles. The van der Waals surface area contributed by atoms with Crippen molar-refractivity contribution in [3.05, 3.63) is 59.7 Å². The van der Waals surface area contributed by atoms with Gasteiger partial charge in [-0.1, -0.05) is 30.3 Å². The van der Waals surface area contributed by atoms with Crippen molar-refractivity contribution in [2.24, 2.45) is 4.99 Å². The van der Waals surface area contributed by atoms with Crippen LogP contribution in [-0.2, 0) is 17.6 Å². The van der Waals surface area contributed by atoms with E-state index < -0.39 is 0 Å². The van der Waals surface area contributed by atoms with Crippen molar-refractivity contribution < 1.29 is 9.53 Å². The van der Waals surface area contributed by atoms with Gasteiger partial charge in [0.05, 0.1) is 6.54 Å². The maximum atomic E-state index is 11.0. The predicted molar refractivity (Wildman–Crippen MR) is 124 cm³/mol. The molecular formula is C21H27IN4O2. The molecule has 150 valence electrons. The monoisotopic (exact) mass is 494 g/mol. The second-order valence-electron chi connectivity index (χ2n) is 6.56. The lowest BCUT2D eigenvalue weighted by Gasteiger charge is -2.15. The molecule has 1 amide bonds. The number of aliphatic imine (C=N–C) groups is 1. The average molecular weight is 494 g/mol. The van der Waals surface area contributed by atoms with Crippen LogP contribution in [0.25, 0.3) is 0 Å². The second kappa shape index (κ2) is 10.9. The van der Waals surface area contributed by atoms with Crippen LogP contribution in [0.5, 0.6) is 5.75 Å². The lowest BCUT2D eigenvalue weighted by Crippen LogP contribution is -2.42. The van der Waals surface area contributed by atoms with Crippen LogP contribution in [0.15, 0.2) is 53.5 Å². The predicted octanol–water partition coefficient (Wildman–Crippen LogP) is 2.97. The van der Waals surface area contributed by atoms with Crippen LogP contribution in [0.3, 0.4) is 0 Å². The van der Waals surface area contributed by atoms with Gasteiger partial charge < -0.3 is 20.7 Å². The standard InChI is InChI=1S/C21H26N4O2.HI/c1-15(26)25-18-9-7-16(8-10-18)11-12-23-21(22-2)24-14-19-13-17-5-3-4-6-20(17)27-19;/h3-10,19H,11-14H2,1-2H3,(H,25,26)(H2,22,23,24);1H. The SMILES string of the molecule is CN=C(NCCc1ccc(NC(C)=O)cc1)NCC1Cc2ccccc2O1.I. The van der Waals surface area contributed by atoms with E-state index >= 15 is 0 Å². The maximum absolute atomic E-state index is 11.0. The summed E-state index contributed by atoms with van der Waals surface area (Å²) >= 11 is 0. The quantitative estimate of drug-likeness (QED) is 0.328. The molecule has 0 radical (unpaired) electrons. The van der Waals surface area contributed by atoms with Gasteiger partial charge in [0.25, 0.3) is 0 Å². The number of carbonyl (C=O) groups is 1. The number of halogens is 1. The fourth-order valence-electron chi connectivity index (χ4n) is 3.08. The lowest BCUT2D eigenvalue weighted by atomic mass is 10.1. The van der Waals surface area contributed by atoms with Gasteiger partial charge in [-0.2, -0.15) is 0 Å². The van der Waals surface area contributed by atoms with Gasteiger partial charge in [-0.25, -0.2) is 0 Å². The van der Waals surface area contributed by atoms with E-state index in [-0.39, 0.29) is 36.0 Å². The first kappa shape index (κ1) is 22.0. The van der Waals surface area contributed by atoms with Crippen LogP contribution in [0.2, 0.25) is 0 Å². The van der Waals surface area contributed by atoms with Crippen molar-refractivity contribution in [3.8, 4) is 5.75 Å². The fourth-order valence-corrected chi connectivity index (χ4v) is 3.08. The van der Waals surface area contributed by atoms with Gasteiger partial charge >= 0.3 is 0 Å². The topological polar surface area (TPSA) is 74.8 Å². The summed E-state index contributed by atoms with van der Waals surface area (Å²) in [4.78, 5) is 15.3. The summed E-state index contributed by atoms with van der Waals surface area (Å²) in [6.07, 6.45) is 1.91. The Morgan fingerprint density at radius 2 is 1.89 bits per heavy atom. The Balaban J connectivity index is 0.00000280. The van der Waals surface area contributed by atoms with Gasteiger partial charge in [0, 0.05) is 32.6 Å². The number of amides is 1. The summed E-state index contributed by atoms with van der Waals surface area (Å²) in [5.74, 6) is 1.69. The number of anilines is 1. The molecule has 1 heterocycles. The molecule has 0 fully saturated rings. The third-order valence-electron chi connectivity index (χ3n) is 4.42. The molecule has 0 spiro atoms. The molecule has 2 aromatic carbocycles. The Morgan fingerprint density at radius 1 is 1.14 bits per heavy atom. The van der Waals surface area contributed by atoms with E-state index in [1.165, 1.54) is 18.1 Å². The zero-order valence-corrected chi connectivity index (χ0v) is 18.5. The zero-order chi connectivity index (χ0) is 19.1. The van der Waals surface area contributed by atoms with Crippen LogP contribution in [0.1, 0.15) is 18.1 Å². The number of rotatable bonds is 6. The lowest BCUT2D eigenvalue weighted by molar-refractivity contribution is -0.114. The largest absolute Gasteiger partial charge is 0.488 e. The summed E-state index contributed by atoms with van der Waals surface area (Å²) in [5, 5.41) is 9.42. The van der Waals surface area contributed by atoms with Crippen molar-refractivity contribution in [1.29, 1.82) is 0 Å². The molecule has 1 aliphatic rings. The Hall–Kier alpha value is -2.29. The smallest absolute Gasteiger partial charge is 0.221 e. The molecule has 3 N–H and O–H groups in total. The number of fused-ring (bicyclic) bond motifs is 1. The highest BCUT2D eigenvalue weighted by Gasteiger charge is 2.22. The summed E-state index contributed by atoms with van der Waals surface area (Å²) in [7, 11) is 1.77. The van der Waals surface area contributed by atoms with Crippen molar-refractivity contribution in [3.63, 3.8) is 0 Å². The van der Waals surface area contributed by atoms with E-state index in [1.54, 1.807) is 7.05 Å². The van der Waals surface area contributed by atoms with Gasteiger partial charge in [-0.15, -0.1) is 24.0 Å². The second-order valence-corrected chi connectivity index (χ2v) is 6.56. The molecule has 0 saturated heterocycles. The van der Waals surface area contributed by atoms with Gasteiger partial charge in [-0.3, -0.25) is 9.79 Å². The normalized spacial score (nSPS) is 15.1. The van der Waals surface area contributed by atoms with Gasteiger partial charge in [-0.05, 0) is 35.7 Å². The molecule has 7 heteroatoms. The number of nitrogens with zero attached hydrogens (tertiary/aromatic N) is 1. The molecule has 0 aliphatic carbocycles. The third kappa shape index (κ3) is 6.40. The van der Waals surface area contributed by atoms with E-state index in [1.807, 2.05) is 42.5 Å². The molecule has 1 aliphatic heterocycles. The van der Waals surface area contributed by atoms with Crippen LogP contribution in [0, 0.1) is 0 Å². The molecule has 1 atom stereocenters. The van der Waals surface area contributed by atoms with Crippen molar-refractivity contribution in [2.45, 2.75) is 25.9 Å². The fraction of sp³-hybridized carbons (Fsp3) is 0.333. The molecule has 6 nitrogen and oxygen atoms in total. The average Bonchev–Trinajstić information content (AvgIpc) is 3.08. The van der Waals surface area contributed by atoms with E-state index in [4.69, 9.17) is 4.74 Å². The number of ether oxygens (including phenoxy) is 1. The summed E-state index contributed by atoms with van der Waals surface area (Å²) in [6, 6.07) is 16.0. The van der Waals surface area contributed by atoms with E-state index in [0.717, 1.165) is 36.8 Å². The highest BCUT2D eigenvalue weighted by atomic mass is 127. The number of hydrogen-bond donors (Lipinski definition) is 3. The Bertz CT molecular complexity index is 783. The molecular weight excluding hydrogens is 467 g/mol. The summed E-state index contributed by atoms with van der Waals surface area (Å²) in [5.41, 5.74) is 3.27. The minimum absolute atomic E-state index is 0. The first-order chi connectivity index (χ1) is 13.1. The van der Waals surface area contributed by atoms with Crippen molar-refractivity contribution in [2.75, 3.05) is 25.5 Å². The Kier molecular flexibility index (Phi) is 8.56. The van der Waals surface area contributed by atoms with Crippen LogP contribution < -0.4 is 20.7 Å². The zero-order valence-electron chi connectivity index (χ0n) is 16.2. The van der Waals surface area contributed by atoms with Gasteiger partial charge in [0.15, 0.2) is 5.96 Å². The van der Waals surface area contributed by atoms with E-state index in [9.17, 15) is 4.79 Å². The first-order valence-corrected chi connectivity index (χ1v) is 9.19. The number of carbonyl (C=O) groups excluding carboxylic acids is 1. The number of hydrogen-bond acceptors (Lipinski definition) is 3.